The number of amides is 4. The molecule has 4 amide bonds. The normalized spacial score (nSPS) is 26.4. The number of nitrogens with zero attached hydrogens (tertiary/aromatic N) is 10. The molecule has 0 aromatic heterocycles. The van der Waals surface area contributed by atoms with Gasteiger partial charge in [0.1, 0.15) is 81.3 Å². The SMILES string of the molecule is CC(=O)OC[C@H]1O[C@@H](O[C@@H]2[C@@H](O)[C@H](NC(=O)[C@H](CCNC(=O)OCc3ccccc3)OCc3ccccc3)[C@@H](OCc3ccccc3)[C@H](NC(=O)OCc3ccccc3)[C@H]2O[C@H]2O[C@H]([C@@H](C)N(Cc3ccccc3)C(=O)OCc3ccccc3)CC[C@H]2N=[N+]=[N-])[C@H](OC(C)=O)[C@@H]1O[C@H]1O[C@@H](CN=[N+]=[N-])[C@H](O)[C@H](O)[C@H]1N=[N+]=[N-]. The summed E-state index contributed by atoms with van der Waals surface area (Å²) in [6.07, 6.45) is -29.7. The molecular formula is C77H89N13O22. The van der Waals surface area contributed by atoms with Crippen LogP contribution in [0.2, 0.25) is 0 Å². The van der Waals surface area contributed by atoms with E-state index < -0.39 is 172 Å². The summed E-state index contributed by atoms with van der Waals surface area (Å²) in [6.45, 7) is 1.27. The Morgan fingerprint density at radius 3 is 1.61 bits per heavy atom. The number of nitrogens with one attached hydrogen (secondary N) is 3. The second kappa shape index (κ2) is 42.4. The fourth-order valence-corrected chi connectivity index (χ4v) is 13.3. The van der Waals surface area contributed by atoms with Crippen molar-refractivity contribution in [2.45, 2.75) is 202 Å². The molecular weight excluding hydrogens is 1460 g/mol. The van der Waals surface area contributed by atoms with Crippen molar-refractivity contribution in [3.63, 3.8) is 0 Å². The Bertz CT molecular complexity index is 4140. The van der Waals surface area contributed by atoms with Crippen molar-refractivity contribution in [3.05, 3.63) is 247 Å². The van der Waals surface area contributed by atoms with Gasteiger partial charge in [-0.3, -0.25) is 19.3 Å². The second-order valence-electron chi connectivity index (χ2n) is 26.7. The van der Waals surface area contributed by atoms with Gasteiger partial charge >= 0.3 is 30.2 Å². The van der Waals surface area contributed by atoms with Crippen molar-refractivity contribution >= 4 is 36.1 Å². The monoisotopic (exact) mass is 1550 g/mol. The highest BCUT2D eigenvalue weighted by atomic mass is 16.8. The summed E-state index contributed by atoms with van der Waals surface area (Å²) in [4.78, 5) is 95.3. The van der Waals surface area contributed by atoms with Crippen LogP contribution >= 0.6 is 0 Å². The first kappa shape index (κ1) is 83.5. The van der Waals surface area contributed by atoms with E-state index in [4.69, 9.17) is 61.6 Å². The molecule has 4 fully saturated rings. The topological polar surface area (TPSA) is 469 Å². The van der Waals surface area contributed by atoms with E-state index in [2.05, 4.69) is 46.0 Å². The van der Waals surface area contributed by atoms with E-state index in [-0.39, 0.29) is 65.4 Å². The van der Waals surface area contributed by atoms with E-state index in [0.717, 1.165) is 19.4 Å². The molecule has 10 rings (SSSR count). The van der Waals surface area contributed by atoms with Crippen molar-refractivity contribution in [2.24, 2.45) is 15.3 Å². The van der Waals surface area contributed by atoms with E-state index >= 15 is 9.59 Å². The Hall–Kier alpha value is -11.0. The third-order valence-electron chi connectivity index (χ3n) is 19.0. The van der Waals surface area contributed by atoms with Gasteiger partial charge in [0.2, 0.25) is 5.91 Å². The largest absolute Gasteiger partial charge is 0.463 e. The maximum atomic E-state index is 15.7. The lowest BCUT2D eigenvalue weighted by Gasteiger charge is -2.51. The zero-order valence-electron chi connectivity index (χ0n) is 61.4. The van der Waals surface area contributed by atoms with Crippen molar-refractivity contribution in [2.75, 3.05) is 19.7 Å². The van der Waals surface area contributed by atoms with Crippen LogP contribution in [0.15, 0.2) is 197 Å². The maximum Gasteiger partial charge on any atom is 0.410 e. The molecule has 3 heterocycles. The van der Waals surface area contributed by atoms with E-state index in [1.807, 2.05) is 42.5 Å². The van der Waals surface area contributed by atoms with Crippen molar-refractivity contribution in [1.29, 1.82) is 0 Å². The summed E-state index contributed by atoms with van der Waals surface area (Å²) < 4.78 is 82.5. The molecule has 4 aliphatic rings. The lowest BCUT2D eigenvalue weighted by molar-refractivity contribution is -0.303. The Kier molecular flexibility index (Phi) is 31.6. The second-order valence-corrected chi connectivity index (χ2v) is 26.7. The number of ether oxygens (including phenoxy) is 13. The fraction of sp³-hybridized carbons (Fsp3) is 0.455. The summed E-state index contributed by atoms with van der Waals surface area (Å²) in [5.41, 5.74) is 33.3. The van der Waals surface area contributed by atoms with Gasteiger partial charge in [0.15, 0.2) is 25.0 Å². The summed E-state index contributed by atoms with van der Waals surface area (Å²) in [6, 6.07) is 45.6. The van der Waals surface area contributed by atoms with Gasteiger partial charge in [-0.25, -0.2) is 14.4 Å². The molecule has 0 spiro atoms. The summed E-state index contributed by atoms with van der Waals surface area (Å²) >= 11 is 0. The van der Waals surface area contributed by atoms with Gasteiger partial charge in [-0.1, -0.05) is 197 Å². The number of aliphatic hydroxyl groups excluding tert-OH is 3. The quantitative estimate of drug-likeness (QED) is 0.00711. The molecule has 35 nitrogen and oxygen atoms in total. The molecule has 112 heavy (non-hydrogen) atoms. The predicted octanol–water partition coefficient (Wildman–Crippen LogP) is 8.85. The van der Waals surface area contributed by atoms with Crippen LogP contribution in [-0.2, 0) is 116 Å². The summed E-state index contributed by atoms with van der Waals surface area (Å²) in [7, 11) is 0. The number of hydrogen-bond donors (Lipinski definition) is 6. The molecule has 0 radical (unpaired) electrons. The Morgan fingerprint density at radius 1 is 0.518 bits per heavy atom. The van der Waals surface area contributed by atoms with Crippen LogP contribution in [0.25, 0.3) is 31.3 Å². The molecule has 6 aromatic rings. The average Bonchev–Trinajstić information content (AvgIpc) is 1.33. The zero-order valence-corrected chi connectivity index (χ0v) is 61.4. The minimum Gasteiger partial charge on any atom is -0.463 e. The van der Waals surface area contributed by atoms with E-state index in [0.29, 0.717) is 27.8 Å². The zero-order chi connectivity index (χ0) is 79.3. The number of benzene rings is 6. The first-order valence-electron chi connectivity index (χ1n) is 36.3. The molecule has 1 aliphatic carbocycles. The molecule has 6 aromatic carbocycles. The number of esters is 2. The highest BCUT2D eigenvalue weighted by molar-refractivity contribution is 5.81. The smallest absolute Gasteiger partial charge is 0.410 e. The molecule has 0 unspecified atom stereocenters. The lowest BCUT2D eigenvalue weighted by Crippen LogP contribution is -2.74. The first-order chi connectivity index (χ1) is 54.4. The summed E-state index contributed by atoms with van der Waals surface area (Å²) in [5, 5.41) is 56.2. The Balaban J connectivity index is 1.10. The average molecular weight is 1550 g/mol. The number of aliphatic hydroxyl groups is 3. The number of azide groups is 3. The van der Waals surface area contributed by atoms with E-state index in [1.54, 1.807) is 146 Å². The molecule has 3 saturated heterocycles. The molecule has 6 N–H and O–H groups in total. The Morgan fingerprint density at radius 2 is 1.04 bits per heavy atom. The van der Waals surface area contributed by atoms with Gasteiger partial charge in [0.05, 0.1) is 62.2 Å². The third-order valence-corrected chi connectivity index (χ3v) is 19.0. The van der Waals surface area contributed by atoms with Crippen LogP contribution in [0.5, 0.6) is 0 Å². The number of carbonyl (C=O) groups excluding carboxylic acids is 6. The molecule has 20 atom stereocenters. The molecule has 3 aliphatic heterocycles. The van der Waals surface area contributed by atoms with Gasteiger partial charge in [-0.2, -0.15) is 0 Å². The number of hydrogen-bond acceptors (Lipinski definition) is 25. The van der Waals surface area contributed by atoms with Gasteiger partial charge in [-0.05, 0) is 69.7 Å². The molecule has 594 valence electrons. The van der Waals surface area contributed by atoms with Crippen LogP contribution < -0.4 is 16.0 Å². The minimum atomic E-state index is -2.20. The molecule has 35 heteroatoms. The van der Waals surface area contributed by atoms with Crippen LogP contribution in [0.4, 0.5) is 14.4 Å². The lowest BCUT2D eigenvalue weighted by atomic mass is 9.80. The van der Waals surface area contributed by atoms with Gasteiger partial charge in [0.25, 0.3) is 0 Å². The van der Waals surface area contributed by atoms with Crippen molar-refractivity contribution in [3.8, 4) is 0 Å². The third kappa shape index (κ3) is 23.8. The number of carbonyl (C=O) groups is 6. The standard InChI is InChI=1S/C77H89N13O22/c1-46(90(39-49-22-10-4-11-23-49)77(99)105-44-54-32-20-9-21-33-54)56-35-34-55(85-88-79)72(107-56)111-68-62(84-76(98)104-43-53-30-18-8-19-31-53)67(102-41-51-26-14-6-15-27-51)60(83-71(96)57(101-40-50-24-12-5-13-25-50)36-37-81-75(97)103-42-52-28-16-7-17-29-52)65(95)69(68)112-74-70(106-48(3)92)66(59(109-74)45-100-47(2)91)110-73-61(86-89-80)64(94)63(93)58(108-73)38-82-87-78/h4-33,46,55-70,72-74,93-95H,34-45H2,1-3H3,(H,81,97)(H,83,96)(H,84,98)/t46-,55-,56+,57+,58+,59-,60+,61-,62+,63+,64-,65+,66-,67-,68-,69-,70-,72-,73-,74+/m1/s1. The van der Waals surface area contributed by atoms with E-state index in [9.17, 15) is 51.1 Å². The minimum absolute atomic E-state index is 0.00318. The highest BCUT2D eigenvalue weighted by Crippen LogP contribution is 2.40. The predicted molar refractivity (Wildman–Crippen MR) is 393 cm³/mol. The highest BCUT2D eigenvalue weighted by Gasteiger charge is 2.60. The maximum absolute atomic E-state index is 15.7. The van der Waals surface area contributed by atoms with Gasteiger partial charge < -0.3 is 92.8 Å². The van der Waals surface area contributed by atoms with Crippen LogP contribution in [0.1, 0.15) is 73.4 Å². The van der Waals surface area contributed by atoms with Gasteiger partial charge in [-0.15, -0.1) is 0 Å². The summed E-state index contributed by atoms with van der Waals surface area (Å²) in [5.74, 6) is -2.82. The van der Waals surface area contributed by atoms with Gasteiger partial charge in [0, 0.05) is 48.1 Å². The number of alkyl carbamates (subject to hydrolysis) is 2. The Labute approximate surface area is 643 Å². The first-order valence-corrected chi connectivity index (χ1v) is 36.3. The fourth-order valence-electron chi connectivity index (χ4n) is 13.3. The van der Waals surface area contributed by atoms with Crippen LogP contribution in [0, 0.1) is 0 Å². The van der Waals surface area contributed by atoms with Crippen LogP contribution in [0.3, 0.4) is 0 Å². The van der Waals surface area contributed by atoms with Crippen molar-refractivity contribution in [1.82, 2.24) is 20.9 Å². The molecule has 0 bridgehead atoms. The van der Waals surface area contributed by atoms with Crippen LogP contribution in [-0.4, -0.2) is 198 Å². The van der Waals surface area contributed by atoms with E-state index in [1.165, 1.54) is 4.90 Å². The number of rotatable bonds is 35. The van der Waals surface area contributed by atoms with Crippen molar-refractivity contribution < 1.29 is 106 Å². The molecule has 1 saturated carbocycles.